The molecule has 0 saturated carbocycles. The van der Waals surface area contributed by atoms with Crippen LogP contribution in [-0.4, -0.2) is 26.2 Å². The number of hydrogen-bond acceptors (Lipinski definition) is 4. The second-order valence-corrected chi connectivity index (χ2v) is 2.64. The maximum absolute atomic E-state index is 5.07. The molecule has 0 bridgehead atoms. The first-order valence-electron chi connectivity index (χ1n) is 3.83. The number of rotatable bonds is 1. The van der Waals surface area contributed by atoms with Crippen molar-refractivity contribution in [1.29, 1.82) is 0 Å². The van der Waals surface area contributed by atoms with Crippen molar-refractivity contribution in [3.63, 3.8) is 0 Å². The minimum atomic E-state index is 0.0775. The van der Waals surface area contributed by atoms with Crippen molar-refractivity contribution in [1.82, 2.24) is 5.32 Å². The molecule has 0 aromatic rings. The van der Waals surface area contributed by atoms with Gasteiger partial charge in [-0.15, -0.1) is 0 Å². The molecule has 1 aliphatic heterocycles. The quantitative estimate of drug-likeness (QED) is 0.634. The average Bonchev–Trinajstić information content (AvgIpc) is 2.08. The van der Waals surface area contributed by atoms with E-state index in [1.54, 1.807) is 14.2 Å². The zero-order valence-corrected chi connectivity index (χ0v) is 7.84. The van der Waals surface area contributed by atoms with Gasteiger partial charge in [0.2, 0.25) is 11.8 Å². The molecule has 4 heteroatoms. The summed E-state index contributed by atoms with van der Waals surface area (Å²) >= 11 is 0. The van der Waals surface area contributed by atoms with Crippen LogP contribution < -0.4 is 5.32 Å². The molecule has 0 saturated heterocycles. The van der Waals surface area contributed by atoms with E-state index in [0.717, 1.165) is 5.70 Å². The van der Waals surface area contributed by atoms with Crippen molar-refractivity contribution in [2.75, 3.05) is 14.2 Å². The number of nitrogens with one attached hydrogen (secondary N) is 1. The minimum Gasteiger partial charge on any atom is -0.483 e. The Labute approximate surface area is 72.3 Å². The molecule has 1 N–H and O–H groups in total. The van der Waals surface area contributed by atoms with Crippen molar-refractivity contribution in [2.45, 2.75) is 19.9 Å². The Morgan fingerprint density at radius 2 is 2.00 bits per heavy atom. The predicted octanol–water partition coefficient (Wildman–Crippen LogP) is 0.858. The molecule has 4 nitrogen and oxygen atoms in total. The number of ether oxygens (including phenoxy) is 2. The predicted molar refractivity (Wildman–Crippen MR) is 46.8 cm³/mol. The van der Waals surface area contributed by atoms with Crippen LogP contribution >= 0.6 is 0 Å². The number of hydrogen-bond donors (Lipinski definition) is 1. The lowest BCUT2D eigenvalue weighted by Crippen LogP contribution is -2.38. The SMILES string of the molecule is COC1=NC(C)=C(OC)N[C@H]1C. The van der Waals surface area contributed by atoms with E-state index in [9.17, 15) is 0 Å². The Morgan fingerprint density at radius 3 is 2.50 bits per heavy atom. The molecule has 0 aliphatic carbocycles. The van der Waals surface area contributed by atoms with Gasteiger partial charge in [0.15, 0.2) is 0 Å². The van der Waals surface area contributed by atoms with E-state index < -0.39 is 0 Å². The van der Waals surface area contributed by atoms with Crippen molar-refractivity contribution in [3.8, 4) is 0 Å². The fraction of sp³-hybridized carbons (Fsp3) is 0.625. The second-order valence-electron chi connectivity index (χ2n) is 2.64. The molecular weight excluding hydrogens is 156 g/mol. The molecule has 0 radical (unpaired) electrons. The van der Waals surface area contributed by atoms with Crippen LogP contribution in [0.2, 0.25) is 0 Å². The number of methoxy groups -OCH3 is 2. The van der Waals surface area contributed by atoms with Crippen LogP contribution in [0.25, 0.3) is 0 Å². The zero-order chi connectivity index (χ0) is 9.14. The molecule has 1 atom stereocenters. The van der Waals surface area contributed by atoms with Crippen LogP contribution in [-0.2, 0) is 9.47 Å². The normalized spacial score (nSPS) is 23.0. The molecule has 68 valence electrons. The van der Waals surface area contributed by atoms with Crippen LogP contribution in [0.15, 0.2) is 16.6 Å². The van der Waals surface area contributed by atoms with Crippen molar-refractivity contribution in [2.24, 2.45) is 4.99 Å². The highest BCUT2D eigenvalue weighted by atomic mass is 16.5. The van der Waals surface area contributed by atoms with Gasteiger partial charge in [-0.05, 0) is 13.8 Å². The summed E-state index contributed by atoms with van der Waals surface area (Å²) in [6.07, 6.45) is 0. The van der Waals surface area contributed by atoms with Gasteiger partial charge in [-0.2, -0.15) is 0 Å². The lowest BCUT2D eigenvalue weighted by atomic mass is 10.3. The molecule has 0 fully saturated rings. The number of aliphatic imine (C=N–C) groups is 1. The van der Waals surface area contributed by atoms with Crippen molar-refractivity contribution >= 4 is 5.90 Å². The van der Waals surface area contributed by atoms with E-state index in [1.165, 1.54) is 0 Å². The van der Waals surface area contributed by atoms with Crippen LogP contribution in [0.4, 0.5) is 0 Å². The maximum atomic E-state index is 5.07. The summed E-state index contributed by atoms with van der Waals surface area (Å²) in [6.45, 7) is 3.84. The van der Waals surface area contributed by atoms with Gasteiger partial charge in [0, 0.05) is 0 Å². The van der Waals surface area contributed by atoms with E-state index in [-0.39, 0.29) is 6.04 Å². The average molecular weight is 170 g/mol. The van der Waals surface area contributed by atoms with Crippen LogP contribution in [0.3, 0.4) is 0 Å². The molecule has 0 aromatic carbocycles. The fourth-order valence-corrected chi connectivity index (χ4v) is 1.10. The molecule has 0 aromatic heterocycles. The van der Waals surface area contributed by atoms with E-state index in [1.807, 2.05) is 13.8 Å². The first-order chi connectivity index (χ1) is 5.69. The van der Waals surface area contributed by atoms with Gasteiger partial charge in [-0.25, -0.2) is 4.99 Å². The molecule has 1 rings (SSSR count). The number of nitrogens with zero attached hydrogens (tertiary/aromatic N) is 1. The summed E-state index contributed by atoms with van der Waals surface area (Å²) in [6, 6.07) is 0.0775. The zero-order valence-electron chi connectivity index (χ0n) is 7.84. The van der Waals surface area contributed by atoms with Gasteiger partial charge in [0.1, 0.15) is 11.7 Å². The maximum Gasteiger partial charge on any atom is 0.211 e. The van der Waals surface area contributed by atoms with Gasteiger partial charge >= 0.3 is 0 Å². The van der Waals surface area contributed by atoms with Crippen LogP contribution in [0.5, 0.6) is 0 Å². The highest BCUT2D eigenvalue weighted by Crippen LogP contribution is 2.11. The Morgan fingerprint density at radius 1 is 1.33 bits per heavy atom. The molecule has 1 heterocycles. The Hall–Kier alpha value is -1.19. The summed E-state index contributed by atoms with van der Waals surface area (Å²) in [5, 5.41) is 3.12. The summed E-state index contributed by atoms with van der Waals surface area (Å²) in [7, 11) is 3.23. The highest BCUT2D eigenvalue weighted by molar-refractivity contribution is 5.83. The first-order valence-corrected chi connectivity index (χ1v) is 3.83. The van der Waals surface area contributed by atoms with Gasteiger partial charge < -0.3 is 14.8 Å². The van der Waals surface area contributed by atoms with Crippen molar-refractivity contribution < 1.29 is 9.47 Å². The van der Waals surface area contributed by atoms with Crippen LogP contribution in [0.1, 0.15) is 13.8 Å². The summed E-state index contributed by atoms with van der Waals surface area (Å²) < 4.78 is 10.1. The third-order valence-electron chi connectivity index (χ3n) is 1.74. The molecule has 0 unspecified atom stereocenters. The summed E-state index contributed by atoms with van der Waals surface area (Å²) in [5.74, 6) is 1.40. The van der Waals surface area contributed by atoms with Gasteiger partial charge in [-0.3, -0.25) is 0 Å². The van der Waals surface area contributed by atoms with E-state index in [2.05, 4.69) is 10.3 Å². The van der Waals surface area contributed by atoms with Gasteiger partial charge in [0.25, 0.3) is 0 Å². The molecule has 0 amide bonds. The fourth-order valence-electron chi connectivity index (χ4n) is 1.10. The second kappa shape index (κ2) is 3.47. The Balaban J connectivity index is 2.87. The standard InChI is InChI=1S/C8H14N2O2/c1-5-7(11-3)10-6(2)8(9-5)12-4/h5,9H,1-4H3/t5-/m0/s1. The Kier molecular flexibility index (Phi) is 2.58. The molecule has 0 spiro atoms. The lowest BCUT2D eigenvalue weighted by molar-refractivity contribution is 0.243. The monoisotopic (exact) mass is 170 g/mol. The first kappa shape index (κ1) is 8.90. The molecule has 1 aliphatic rings. The number of allylic oxidation sites excluding steroid dienone is 1. The highest BCUT2D eigenvalue weighted by Gasteiger charge is 2.19. The summed E-state index contributed by atoms with van der Waals surface area (Å²) in [5.41, 5.74) is 0.812. The topological polar surface area (TPSA) is 42.9 Å². The lowest BCUT2D eigenvalue weighted by Gasteiger charge is -2.22. The summed E-state index contributed by atoms with van der Waals surface area (Å²) in [4.78, 5) is 4.22. The smallest absolute Gasteiger partial charge is 0.211 e. The van der Waals surface area contributed by atoms with Crippen LogP contribution in [0, 0.1) is 0 Å². The molecule has 12 heavy (non-hydrogen) atoms. The minimum absolute atomic E-state index is 0.0775. The third kappa shape index (κ3) is 1.52. The molecular formula is C8H14N2O2. The Bertz CT molecular complexity index is 233. The van der Waals surface area contributed by atoms with E-state index >= 15 is 0 Å². The third-order valence-corrected chi connectivity index (χ3v) is 1.74. The van der Waals surface area contributed by atoms with Crippen molar-refractivity contribution in [3.05, 3.63) is 11.6 Å². The van der Waals surface area contributed by atoms with E-state index in [0.29, 0.717) is 11.8 Å². The van der Waals surface area contributed by atoms with Gasteiger partial charge in [-0.1, -0.05) is 0 Å². The van der Waals surface area contributed by atoms with Gasteiger partial charge in [0.05, 0.1) is 14.2 Å². The largest absolute Gasteiger partial charge is 0.483 e. The van der Waals surface area contributed by atoms with E-state index in [4.69, 9.17) is 9.47 Å².